The summed E-state index contributed by atoms with van der Waals surface area (Å²) in [6.45, 7) is 7.67. The lowest BCUT2D eigenvalue weighted by atomic mass is 9.44. The number of ketones is 1. The number of nitrogens with zero attached hydrogens (tertiary/aromatic N) is 1. The van der Waals surface area contributed by atoms with E-state index < -0.39 is 23.6 Å². The first kappa shape index (κ1) is 22.5. The van der Waals surface area contributed by atoms with Gasteiger partial charge < -0.3 is 14.7 Å². The lowest BCUT2D eigenvalue weighted by Gasteiger charge is -2.60. The van der Waals surface area contributed by atoms with Gasteiger partial charge in [0.1, 0.15) is 13.7 Å². The fraction of sp³-hybridized carbons (Fsp3) is 0.800. The molecule has 6 nitrogen and oxygen atoms in total. The third-order valence-electron chi connectivity index (χ3n) is 9.53. The molecule has 4 aliphatic carbocycles. The van der Waals surface area contributed by atoms with Gasteiger partial charge in [-0.2, -0.15) is 0 Å². The Morgan fingerprint density at radius 3 is 2.55 bits per heavy atom. The number of aliphatic hydroxyl groups excluding tert-OH is 1. The third kappa shape index (κ3) is 3.12. The van der Waals surface area contributed by atoms with E-state index in [9.17, 15) is 14.7 Å². The van der Waals surface area contributed by atoms with Gasteiger partial charge in [-0.1, -0.05) is 31.5 Å². The molecule has 7 atom stereocenters. The van der Waals surface area contributed by atoms with Gasteiger partial charge in [-0.3, -0.25) is 9.59 Å². The molecule has 0 amide bonds. The van der Waals surface area contributed by atoms with Gasteiger partial charge in [0, 0.05) is 12.3 Å². The largest absolute Gasteiger partial charge is 0.451 e. The van der Waals surface area contributed by atoms with Crippen LogP contribution in [-0.4, -0.2) is 41.9 Å². The molecule has 1 N–H and O–H groups in total. The summed E-state index contributed by atoms with van der Waals surface area (Å²) < 4.78 is 5.81. The average molecular weight is 432 g/mol. The van der Waals surface area contributed by atoms with Gasteiger partial charge in [0.15, 0.2) is 5.60 Å². The van der Waals surface area contributed by atoms with Crippen molar-refractivity contribution in [2.75, 3.05) is 13.7 Å². The van der Waals surface area contributed by atoms with Crippen molar-refractivity contribution in [3.8, 4) is 0 Å². The number of ether oxygens (including phenoxy) is 1. The van der Waals surface area contributed by atoms with E-state index in [0.29, 0.717) is 30.1 Å². The van der Waals surface area contributed by atoms with E-state index >= 15 is 0 Å². The minimum atomic E-state index is -1.19. The number of fused-ring (bicyclic) bond motifs is 5. The van der Waals surface area contributed by atoms with E-state index in [4.69, 9.17) is 9.57 Å². The zero-order valence-electron chi connectivity index (χ0n) is 19.6. The Morgan fingerprint density at radius 1 is 1.19 bits per heavy atom. The molecule has 3 saturated carbocycles. The number of rotatable bonds is 4. The van der Waals surface area contributed by atoms with Crippen LogP contribution in [0.15, 0.2) is 16.8 Å². The molecule has 172 valence electrons. The Bertz CT molecular complexity index is 834. The molecule has 3 fully saturated rings. The summed E-state index contributed by atoms with van der Waals surface area (Å²) in [5.74, 6) is 1.02. The van der Waals surface area contributed by atoms with Crippen LogP contribution >= 0.6 is 0 Å². The summed E-state index contributed by atoms with van der Waals surface area (Å²) in [6.07, 6.45) is 8.59. The van der Waals surface area contributed by atoms with Crippen molar-refractivity contribution in [2.45, 2.75) is 78.2 Å². The maximum absolute atomic E-state index is 13.0. The summed E-state index contributed by atoms with van der Waals surface area (Å²) in [5.41, 5.74) is 1.05. The molecule has 0 bridgehead atoms. The molecule has 0 spiro atoms. The molecule has 4 aliphatic rings. The highest BCUT2D eigenvalue weighted by atomic mass is 16.6. The van der Waals surface area contributed by atoms with Crippen LogP contribution in [0.3, 0.4) is 0 Å². The highest BCUT2D eigenvalue weighted by molar-refractivity contribution is 5.96. The number of oxime groups is 1. The van der Waals surface area contributed by atoms with Crippen molar-refractivity contribution in [2.24, 2.45) is 39.7 Å². The monoisotopic (exact) mass is 431 g/mol. The topological polar surface area (TPSA) is 85.2 Å². The van der Waals surface area contributed by atoms with Crippen LogP contribution in [0.2, 0.25) is 0 Å². The number of esters is 1. The highest BCUT2D eigenvalue weighted by Crippen LogP contribution is 2.69. The fourth-order valence-corrected chi connectivity index (χ4v) is 8.24. The zero-order valence-corrected chi connectivity index (χ0v) is 19.6. The van der Waals surface area contributed by atoms with Crippen molar-refractivity contribution in [1.29, 1.82) is 0 Å². The number of carbonyl (C=O) groups is 2. The second-order valence-corrected chi connectivity index (χ2v) is 10.8. The van der Waals surface area contributed by atoms with Gasteiger partial charge in [0.2, 0.25) is 5.78 Å². The van der Waals surface area contributed by atoms with Crippen molar-refractivity contribution in [3.63, 3.8) is 0 Å². The van der Waals surface area contributed by atoms with Gasteiger partial charge >= 0.3 is 5.97 Å². The van der Waals surface area contributed by atoms with E-state index in [1.165, 1.54) is 12.5 Å². The molecule has 0 aromatic heterocycles. The Labute approximate surface area is 185 Å². The normalized spacial score (nSPS) is 45.2. The highest BCUT2D eigenvalue weighted by Gasteiger charge is 2.68. The summed E-state index contributed by atoms with van der Waals surface area (Å²) in [5, 5.41) is 14.0. The first-order valence-corrected chi connectivity index (χ1v) is 11.8. The van der Waals surface area contributed by atoms with Crippen molar-refractivity contribution < 1.29 is 24.3 Å². The molecule has 0 aliphatic heterocycles. The van der Waals surface area contributed by atoms with Gasteiger partial charge in [-0.05, 0) is 80.1 Å². The van der Waals surface area contributed by atoms with Crippen LogP contribution in [0, 0.1) is 34.5 Å². The number of carbonyl (C=O) groups excluding carboxylic acids is 2. The number of Topliss-reactive ketones (excluding diaryl/α,β-unsaturated/α-hetero) is 1. The maximum Gasteiger partial charge on any atom is 0.303 e. The molecule has 4 rings (SSSR count). The molecule has 0 aromatic carbocycles. The number of aliphatic hydroxyl groups is 1. The first-order chi connectivity index (χ1) is 14.6. The Balaban J connectivity index is 1.71. The smallest absolute Gasteiger partial charge is 0.303 e. The average Bonchev–Trinajstić information content (AvgIpc) is 3.01. The summed E-state index contributed by atoms with van der Waals surface area (Å²) in [4.78, 5) is 30.0. The Morgan fingerprint density at radius 2 is 1.90 bits per heavy atom. The molecule has 31 heavy (non-hydrogen) atoms. The van der Waals surface area contributed by atoms with Crippen LogP contribution in [-0.2, 0) is 19.2 Å². The van der Waals surface area contributed by atoms with Gasteiger partial charge in [0.25, 0.3) is 0 Å². The minimum Gasteiger partial charge on any atom is -0.451 e. The van der Waals surface area contributed by atoms with Crippen molar-refractivity contribution >= 4 is 17.5 Å². The van der Waals surface area contributed by atoms with E-state index in [2.05, 4.69) is 32.0 Å². The van der Waals surface area contributed by atoms with Crippen LogP contribution in [0.1, 0.15) is 72.6 Å². The van der Waals surface area contributed by atoms with E-state index in [-0.39, 0.29) is 11.2 Å². The lowest BCUT2D eigenvalue weighted by molar-refractivity contribution is -0.190. The summed E-state index contributed by atoms with van der Waals surface area (Å²) in [6, 6.07) is 0. The number of hydrogen-bond donors (Lipinski definition) is 1. The van der Waals surface area contributed by atoms with Crippen LogP contribution in [0.5, 0.6) is 0 Å². The van der Waals surface area contributed by atoms with Crippen LogP contribution in [0.4, 0.5) is 0 Å². The van der Waals surface area contributed by atoms with Crippen LogP contribution in [0.25, 0.3) is 0 Å². The lowest BCUT2D eigenvalue weighted by Crippen LogP contribution is -2.60. The number of allylic oxidation sites excluding steroid dienone is 2. The van der Waals surface area contributed by atoms with E-state index in [1.54, 1.807) is 7.11 Å². The minimum absolute atomic E-state index is 0.129. The van der Waals surface area contributed by atoms with Crippen molar-refractivity contribution in [1.82, 2.24) is 0 Å². The standard InChI is InChI=1S/C25H37NO5/c1-15-12-18-19(23(3)9-6-17(26-30-5)13-21(15)23)7-10-24(4)20(18)8-11-25(24,22(29)14-27)31-16(2)28/h13,15,18-20,27H,6-12,14H2,1-5H3/b26-17-/t15?,18-,19+,20+,23-,24+,25+/m1/s1. The molecule has 0 saturated heterocycles. The second kappa shape index (κ2) is 7.72. The Kier molecular flexibility index (Phi) is 5.60. The van der Waals surface area contributed by atoms with Gasteiger partial charge in [-0.25, -0.2) is 0 Å². The predicted octanol–water partition coefficient (Wildman–Crippen LogP) is 4.06. The third-order valence-corrected chi connectivity index (χ3v) is 9.53. The maximum atomic E-state index is 13.0. The number of hydrogen-bond acceptors (Lipinski definition) is 6. The quantitative estimate of drug-likeness (QED) is 0.536. The molecule has 0 heterocycles. The second-order valence-electron chi connectivity index (χ2n) is 10.8. The molecule has 1 unspecified atom stereocenters. The predicted molar refractivity (Wildman–Crippen MR) is 117 cm³/mol. The van der Waals surface area contributed by atoms with E-state index in [1.807, 2.05) is 0 Å². The zero-order chi connectivity index (χ0) is 22.6. The van der Waals surface area contributed by atoms with Gasteiger partial charge in [-0.15, -0.1) is 0 Å². The molecule has 0 aromatic rings. The first-order valence-electron chi connectivity index (χ1n) is 11.8. The van der Waals surface area contributed by atoms with Gasteiger partial charge in [0.05, 0.1) is 5.71 Å². The summed E-state index contributed by atoms with van der Waals surface area (Å²) in [7, 11) is 1.60. The SMILES string of the molecule is CO/N=C1\C=C2C(C)C[C@@H]3[C@H](CC[C@@]4(C)[C@H]3CC[C@]4(OC(C)=O)C(=O)CO)[C@@]2(C)CC1. The molecular weight excluding hydrogens is 394 g/mol. The fourth-order valence-electron chi connectivity index (χ4n) is 8.24. The van der Waals surface area contributed by atoms with Crippen molar-refractivity contribution in [3.05, 3.63) is 11.6 Å². The van der Waals surface area contributed by atoms with Crippen LogP contribution < -0.4 is 0 Å². The van der Waals surface area contributed by atoms with E-state index in [0.717, 1.165) is 44.2 Å². The summed E-state index contributed by atoms with van der Waals surface area (Å²) >= 11 is 0. The molecule has 6 heteroatoms. The Hall–Kier alpha value is -1.69. The molecule has 0 radical (unpaired) electrons. The molecular formula is C25H37NO5.